The quantitative estimate of drug-likeness (QED) is 0.243. The van der Waals surface area contributed by atoms with Gasteiger partial charge in [-0.1, -0.05) is 6.58 Å². The predicted octanol–water partition coefficient (Wildman–Crippen LogP) is 1.21. The van der Waals surface area contributed by atoms with Gasteiger partial charge in [0, 0.05) is 18.4 Å². The molecule has 0 aromatic carbocycles. The summed E-state index contributed by atoms with van der Waals surface area (Å²) in [6.07, 6.45) is 1.62. The number of likely N-dealkylation sites (N-methyl/N-ethyl adjacent to an activating group) is 1. The lowest BCUT2D eigenvalue weighted by atomic mass is 10.2. The maximum Gasteiger partial charge on any atom is 0.359 e. The summed E-state index contributed by atoms with van der Waals surface area (Å²) in [4.78, 5) is 31.5. The number of rotatable bonds is 11. The summed E-state index contributed by atoms with van der Waals surface area (Å²) in [5.41, 5.74) is 0.408. The van der Waals surface area contributed by atoms with Gasteiger partial charge in [-0.05, 0) is 6.92 Å². The van der Waals surface area contributed by atoms with Crippen LogP contribution in [0.25, 0.3) is 0 Å². The van der Waals surface area contributed by atoms with Gasteiger partial charge in [0.05, 0.1) is 61.4 Å². The predicted molar refractivity (Wildman–Crippen MR) is 99.6 cm³/mol. The molecule has 26 heavy (non-hydrogen) atoms. The van der Waals surface area contributed by atoms with Crippen LogP contribution in [-0.2, 0) is 19.1 Å². The van der Waals surface area contributed by atoms with Gasteiger partial charge in [0.1, 0.15) is 0 Å². The number of nitrogens with zero attached hydrogens (tertiary/aromatic N) is 2. The summed E-state index contributed by atoms with van der Waals surface area (Å²) in [7, 11) is 9.61. The third kappa shape index (κ3) is 20.1. The van der Waals surface area contributed by atoms with Crippen LogP contribution in [-0.4, -0.2) is 98.6 Å². The molecule has 0 bridgehead atoms. The Labute approximate surface area is 156 Å². The summed E-state index contributed by atoms with van der Waals surface area (Å²) in [5.74, 6) is -1.87. The van der Waals surface area contributed by atoms with Crippen molar-refractivity contribution in [3.8, 4) is 0 Å². The number of carboxylic acids is 2. The molecule has 0 aliphatic carbocycles. The van der Waals surface area contributed by atoms with E-state index in [1.165, 1.54) is 0 Å². The number of quaternary nitrogens is 2. The molecular formula is C18H36N2O6+2. The summed E-state index contributed by atoms with van der Waals surface area (Å²) < 4.78 is 6.21. The van der Waals surface area contributed by atoms with Gasteiger partial charge < -0.3 is 23.9 Å². The smallest absolute Gasteiger partial charge is 0.359 e. The Hall–Kier alpha value is -1.93. The molecule has 0 aromatic rings. The average Bonchev–Trinajstić information content (AvgIpc) is 2.40. The van der Waals surface area contributed by atoms with E-state index in [2.05, 4.69) is 6.58 Å². The first-order valence-electron chi connectivity index (χ1n) is 8.55. The second-order valence-electron chi connectivity index (χ2n) is 7.99. The lowest BCUT2D eigenvalue weighted by Crippen LogP contribution is -2.41. The lowest BCUT2D eigenvalue weighted by molar-refractivity contribution is -0.890. The van der Waals surface area contributed by atoms with Crippen molar-refractivity contribution in [2.45, 2.75) is 26.2 Å². The van der Waals surface area contributed by atoms with Gasteiger partial charge in [-0.15, -0.1) is 0 Å². The molecule has 0 amide bonds. The van der Waals surface area contributed by atoms with Crippen molar-refractivity contribution in [3.63, 3.8) is 0 Å². The van der Waals surface area contributed by atoms with E-state index in [9.17, 15) is 14.4 Å². The van der Waals surface area contributed by atoms with Gasteiger partial charge in [-0.3, -0.25) is 4.79 Å². The van der Waals surface area contributed by atoms with Crippen LogP contribution >= 0.6 is 0 Å². The number of hydrogen-bond donors (Lipinski definition) is 2. The zero-order valence-electron chi connectivity index (χ0n) is 17.1. The van der Waals surface area contributed by atoms with Gasteiger partial charge >= 0.3 is 17.9 Å². The zero-order chi connectivity index (χ0) is 21.0. The molecule has 0 fully saturated rings. The Morgan fingerprint density at radius 2 is 1.42 bits per heavy atom. The van der Waals surface area contributed by atoms with Gasteiger partial charge in [-0.2, -0.15) is 0 Å². The first kappa shape index (κ1) is 26.3. The van der Waals surface area contributed by atoms with Gasteiger partial charge in [-0.25, -0.2) is 9.59 Å². The fourth-order valence-electron chi connectivity index (χ4n) is 1.96. The number of aliphatic carboxylic acids is 2. The fraction of sp³-hybridized carbons (Fsp3) is 0.722. The van der Waals surface area contributed by atoms with Gasteiger partial charge in [0.2, 0.25) is 0 Å². The molecule has 0 atom stereocenters. The lowest BCUT2D eigenvalue weighted by Gasteiger charge is -2.29. The number of carbonyl (C=O) groups excluding carboxylic acids is 1. The minimum Gasteiger partial charge on any atom is -0.481 e. The minimum atomic E-state index is -0.759. The highest BCUT2D eigenvalue weighted by atomic mass is 16.5. The van der Waals surface area contributed by atoms with Crippen molar-refractivity contribution in [2.24, 2.45) is 0 Å². The Bertz CT molecular complexity index is 481. The van der Waals surface area contributed by atoms with E-state index in [1.54, 1.807) is 6.92 Å². The Morgan fingerprint density at radius 1 is 0.923 bits per heavy atom. The summed E-state index contributed by atoms with van der Waals surface area (Å²) in [6.45, 7) is 7.34. The van der Waals surface area contributed by atoms with Gasteiger partial charge in [0.25, 0.3) is 0 Å². The van der Waals surface area contributed by atoms with E-state index in [-0.39, 0.29) is 18.9 Å². The number of carboxylic acid groups (broad SMARTS) is 2. The van der Waals surface area contributed by atoms with Crippen LogP contribution in [0.1, 0.15) is 26.2 Å². The zero-order valence-corrected chi connectivity index (χ0v) is 17.1. The summed E-state index contributed by atoms with van der Waals surface area (Å²) in [5, 5.41) is 16.8. The number of hydrogen-bond acceptors (Lipinski definition) is 4. The molecule has 0 rings (SSSR count). The fourth-order valence-corrected chi connectivity index (χ4v) is 1.96. The number of esters is 1. The second-order valence-corrected chi connectivity index (χ2v) is 7.99. The third-order valence-corrected chi connectivity index (χ3v) is 3.25. The van der Waals surface area contributed by atoms with Crippen molar-refractivity contribution < 1.29 is 38.3 Å². The highest BCUT2D eigenvalue weighted by Gasteiger charge is 2.15. The molecule has 0 saturated heterocycles. The maximum atomic E-state index is 11.1. The SMILES string of the molecule is C=C(C)C(=O)OCCC[N+](C)(C)CCCC(=O)O.C[N+](C)(C)CC(=O)O. The second kappa shape index (κ2) is 12.4. The van der Waals surface area contributed by atoms with E-state index in [0.29, 0.717) is 23.1 Å². The number of carbonyl (C=O) groups is 3. The topological polar surface area (TPSA) is 101 Å². The van der Waals surface area contributed by atoms with Crippen molar-refractivity contribution in [3.05, 3.63) is 12.2 Å². The van der Waals surface area contributed by atoms with Crippen molar-refractivity contribution in [1.82, 2.24) is 0 Å². The molecule has 0 radical (unpaired) electrons. The molecule has 0 heterocycles. The normalized spacial score (nSPS) is 11.2. The molecule has 0 aromatic heterocycles. The van der Waals surface area contributed by atoms with Crippen LogP contribution in [0.4, 0.5) is 0 Å². The van der Waals surface area contributed by atoms with Crippen LogP contribution in [0.15, 0.2) is 12.2 Å². The standard InChI is InChI=1S/C13H23NO4.C5H11NO2/c1-11(2)13(17)18-10-6-9-14(3,4)8-5-7-12(15)16;1-6(2,3)4-5(7)8/h1,5-10H2,2-4H3;4H2,1-3H3/p+2. The molecule has 152 valence electrons. The van der Waals surface area contributed by atoms with Crippen LogP contribution < -0.4 is 0 Å². The molecule has 0 spiro atoms. The Morgan fingerprint density at radius 3 is 1.77 bits per heavy atom. The largest absolute Gasteiger partial charge is 0.481 e. The molecule has 2 N–H and O–H groups in total. The summed E-state index contributed by atoms with van der Waals surface area (Å²) >= 11 is 0. The Balaban J connectivity index is 0. The van der Waals surface area contributed by atoms with E-state index in [1.807, 2.05) is 35.2 Å². The number of ether oxygens (including phenoxy) is 1. The van der Waals surface area contributed by atoms with Crippen molar-refractivity contribution in [1.29, 1.82) is 0 Å². The minimum absolute atomic E-state index is 0.181. The Kier molecular flexibility index (Phi) is 12.6. The van der Waals surface area contributed by atoms with Crippen LogP contribution in [0.2, 0.25) is 0 Å². The molecule has 0 unspecified atom stereocenters. The first-order chi connectivity index (χ1) is 11.7. The van der Waals surface area contributed by atoms with Crippen LogP contribution in [0.3, 0.4) is 0 Å². The first-order valence-corrected chi connectivity index (χ1v) is 8.55. The van der Waals surface area contributed by atoms with Crippen LogP contribution in [0.5, 0.6) is 0 Å². The third-order valence-electron chi connectivity index (χ3n) is 3.25. The highest BCUT2D eigenvalue weighted by molar-refractivity contribution is 5.86. The highest BCUT2D eigenvalue weighted by Crippen LogP contribution is 2.04. The molecule has 0 saturated carbocycles. The molecular weight excluding hydrogens is 340 g/mol. The molecule has 8 heteroatoms. The van der Waals surface area contributed by atoms with E-state index >= 15 is 0 Å². The van der Waals surface area contributed by atoms with Crippen LogP contribution in [0, 0.1) is 0 Å². The summed E-state index contributed by atoms with van der Waals surface area (Å²) in [6, 6.07) is 0. The van der Waals surface area contributed by atoms with E-state index in [4.69, 9.17) is 14.9 Å². The molecule has 8 nitrogen and oxygen atoms in total. The maximum absolute atomic E-state index is 11.1. The van der Waals surface area contributed by atoms with E-state index < -0.39 is 11.9 Å². The molecule has 0 aliphatic rings. The molecule has 0 aliphatic heterocycles. The van der Waals surface area contributed by atoms with E-state index in [0.717, 1.165) is 24.0 Å². The average molecular weight is 376 g/mol. The van der Waals surface area contributed by atoms with Crippen molar-refractivity contribution >= 4 is 17.9 Å². The monoisotopic (exact) mass is 376 g/mol. The van der Waals surface area contributed by atoms with Gasteiger partial charge in [0.15, 0.2) is 6.54 Å². The van der Waals surface area contributed by atoms with Crippen molar-refractivity contribution in [2.75, 3.05) is 61.5 Å².